The molecule has 21 heavy (non-hydrogen) atoms. The number of hydrogen-bond acceptors (Lipinski definition) is 1. The van der Waals surface area contributed by atoms with Gasteiger partial charge in [-0.25, -0.2) is 0 Å². The number of allylic oxidation sites excluding steroid dienone is 2. The largest absolute Gasteiger partial charge is 0.281 e. The molecule has 0 unspecified atom stereocenters. The van der Waals surface area contributed by atoms with Gasteiger partial charge in [-0.15, -0.1) is 0 Å². The van der Waals surface area contributed by atoms with Gasteiger partial charge in [0.25, 0.3) is 0 Å². The van der Waals surface area contributed by atoms with E-state index in [0.29, 0.717) is 12.3 Å². The molecule has 0 N–H and O–H groups in total. The van der Waals surface area contributed by atoms with Crippen LogP contribution in [0.3, 0.4) is 0 Å². The Balaban J connectivity index is 1.81. The quantitative estimate of drug-likeness (QED) is 0.554. The molecule has 2 aromatic carbocycles. The molecule has 0 bridgehead atoms. The molecule has 0 amide bonds. The van der Waals surface area contributed by atoms with Crippen molar-refractivity contribution in [2.45, 2.75) is 18.8 Å². The zero-order valence-electron chi connectivity index (χ0n) is 11.6. The fraction of sp³-hybridized carbons (Fsp3) is 0.158. The van der Waals surface area contributed by atoms with Gasteiger partial charge in [0.05, 0.1) is 0 Å². The van der Waals surface area contributed by atoms with Gasteiger partial charge >= 0.3 is 0 Å². The number of carbonyl (C=O) groups is 1. The van der Waals surface area contributed by atoms with E-state index < -0.39 is 5.24 Å². The molecule has 1 nitrogen and oxygen atoms in total. The molecule has 0 aliphatic heterocycles. The van der Waals surface area contributed by atoms with Crippen molar-refractivity contribution in [2.24, 2.45) is 0 Å². The fourth-order valence-corrected chi connectivity index (χ4v) is 3.09. The summed E-state index contributed by atoms with van der Waals surface area (Å²) >= 11 is 5.29. The highest BCUT2D eigenvalue weighted by atomic mass is 35.5. The topological polar surface area (TPSA) is 17.1 Å². The number of fused-ring (bicyclic) bond motifs is 3. The molecule has 105 valence electrons. The molecule has 2 heteroatoms. The van der Waals surface area contributed by atoms with E-state index in [2.05, 4.69) is 54.6 Å². The average Bonchev–Trinajstić information content (AvgIpc) is 2.81. The van der Waals surface area contributed by atoms with Crippen LogP contribution < -0.4 is 0 Å². The second-order valence-corrected chi connectivity index (χ2v) is 5.55. The second kappa shape index (κ2) is 6.28. The van der Waals surface area contributed by atoms with Crippen LogP contribution in [-0.2, 0) is 4.79 Å². The number of benzene rings is 2. The van der Waals surface area contributed by atoms with Crippen molar-refractivity contribution < 1.29 is 4.79 Å². The summed E-state index contributed by atoms with van der Waals surface area (Å²) in [4.78, 5) is 10.7. The average molecular weight is 296 g/mol. The van der Waals surface area contributed by atoms with Gasteiger partial charge < -0.3 is 0 Å². The van der Waals surface area contributed by atoms with E-state index in [9.17, 15) is 4.79 Å². The van der Waals surface area contributed by atoms with E-state index >= 15 is 0 Å². The van der Waals surface area contributed by atoms with Crippen molar-refractivity contribution in [3.8, 4) is 11.1 Å². The molecule has 3 rings (SSSR count). The summed E-state index contributed by atoms with van der Waals surface area (Å²) in [6, 6.07) is 17.2. The lowest BCUT2D eigenvalue weighted by molar-refractivity contribution is -0.108. The third-order valence-electron chi connectivity index (χ3n) is 3.92. The van der Waals surface area contributed by atoms with Crippen LogP contribution in [0.4, 0.5) is 0 Å². The molecular weight excluding hydrogens is 280 g/mol. The molecule has 0 heterocycles. The first kappa shape index (κ1) is 14.1. The van der Waals surface area contributed by atoms with Gasteiger partial charge in [-0.2, -0.15) is 0 Å². The summed E-state index contributed by atoms with van der Waals surface area (Å²) in [7, 11) is 0. The number of halogens is 1. The fourth-order valence-electron chi connectivity index (χ4n) is 3.00. The van der Waals surface area contributed by atoms with Crippen LogP contribution in [0.5, 0.6) is 0 Å². The van der Waals surface area contributed by atoms with Crippen LogP contribution in [0.15, 0.2) is 60.7 Å². The maximum Gasteiger partial charge on any atom is 0.225 e. The molecule has 0 aromatic heterocycles. The third kappa shape index (κ3) is 2.93. The van der Waals surface area contributed by atoms with Crippen LogP contribution in [-0.4, -0.2) is 5.24 Å². The zero-order chi connectivity index (χ0) is 14.7. The molecule has 2 aromatic rings. The normalized spacial score (nSPS) is 13.4. The summed E-state index contributed by atoms with van der Waals surface area (Å²) in [6.07, 6.45) is 7.16. The highest BCUT2D eigenvalue weighted by molar-refractivity contribution is 6.65. The number of hydrogen-bond donors (Lipinski definition) is 0. The van der Waals surface area contributed by atoms with Crippen molar-refractivity contribution in [2.75, 3.05) is 0 Å². The van der Waals surface area contributed by atoms with Gasteiger partial charge in [0.15, 0.2) is 0 Å². The summed E-state index contributed by atoms with van der Waals surface area (Å²) in [5.41, 5.74) is 5.46. The lowest BCUT2D eigenvalue weighted by Crippen LogP contribution is -1.94. The Kier molecular flexibility index (Phi) is 4.21. The molecule has 0 fully saturated rings. The molecule has 0 spiro atoms. The Labute approximate surface area is 130 Å². The van der Waals surface area contributed by atoms with Crippen LogP contribution in [0.1, 0.15) is 29.9 Å². The predicted molar refractivity (Wildman–Crippen MR) is 87.3 cm³/mol. The zero-order valence-corrected chi connectivity index (χ0v) is 12.4. The van der Waals surface area contributed by atoms with Crippen LogP contribution >= 0.6 is 11.6 Å². The summed E-state index contributed by atoms with van der Waals surface area (Å²) < 4.78 is 0. The molecule has 1 radical (unpaired) electrons. The Morgan fingerprint density at radius 2 is 1.52 bits per heavy atom. The van der Waals surface area contributed by atoms with E-state index in [4.69, 9.17) is 11.6 Å². The van der Waals surface area contributed by atoms with Crippen molar-refractivity contribution in [1.29, 1.82) is 0 Å². The molecule has 0 saturated heterocycles. The Hall–Kier alpha value is -1.86. The molecule has 0 saturated carbocycles. The first-order valence-electron chi connectivity index (χ1n) is 7.13. The number of rotatable bonds is 5. The summed E-state index contributed by atoms with van der Waals surface area (Å²) in [5.74, 6) is 0.403. The first-order valence-corrected chi connectivity index (χ1v) is 7.51. The smallest absolute Gasteiger partial charge is 0.225 e. The lowest BCUT2D eigenvalue weighted by Gasteiger charge is -2.10. The SMILES string of the molecule is O=C(Cl)[CH]CC=CCC1c2ccccc2-c2ccccc21. The van der Waals surface area contributed by atoms with Crippen molar-refractivity contribution in [3.05, 3.63) is 78.2 Å². The van der Waals surface area contributed by atoms with Gasteiger partial charge in [-0.3, -0.25) is 4.79 Å². The van der Waals surface area contributed by atoms with Gasteiger partial charge in [0.2, 0.25) is 5.24 Å². The minimum Gasteiger partial charge on any atom is -0.281 e. The molecule has 1 aliphatic rings. The minimum absolute atomic E-state index is 0.392. The van der Waals surface area contributed by atoms with Crippen LogP contribution in [0, 0.1) is 6.42 Å². The highest BCUT2D eigenvalue weighted by Gasteiger charge is 2.26. The van der Waals surface area contributed by atoms with Crippen molar-refractivity contribution in [1.82, 2.24) is 0 Å². The van der Waals surface area contributed by atoms with Crippen molar-refractivity contribution in [3.63, 3.8) is 0 Å². The lowest BCUT2D eigenvalue weighted by atomic mass is 9.93. The molecule has 0 atom stereocenters. The van der Waals surface area contributed by atoms with Crippen LogP contribution in [0.2, 0.25) is 0 Å². The van der Waals surface area contributed by atoms with E-state index in [-0.39, 0.29) is 0 Å². The monoisotopic (exact) mass is 295 g/mol. The summed E-state index contributed by atoms with van der Waals surface area (Å²) in [5, 5.41) is -0.392. The maximum absolute atomic E-state index is 10.7. The van der Waals surface area contributed by atoms with Gasteiger partial charge in [0.1, 0.15) is 0 Å². The van der Waals surface area contributed by atoms with Gasteiger partial charge in [-0.05, 0) is 46.7 Å². The van der Waals surface area contributed by atoms with E-state index in [1.54, 1.807) is 0 Å². The van der Waals surface area contributed by atoms with E-state index in [0.717, 1.165) is 6.42 Å². The van der Waals surface area contributed by atoms with Crippen molar-refractivity contribution >= 4 is 16.8 Å². The summed E-state index contributed by atoms with van der Waals surface area (Å²) in [6.45, 7) is 0. The maximum atomic E-state index is 10.7. The van der Waals surface area contributed by atoms with E-state index in [1.807, 2.05) is 6.08 Å². The number of carbonyl (C=O) groups excluding carboxylic acids is 1. The first-order chi connectivity index (χ1) is 10.3. The van der Waals surface area contributed by atoms with Gasteiger partial charge in [0, 0.05) is 12.3 Å². The Morgan fingerprint density at radius 1 is 0.952 bits per heavy atom. The van der Waals surface area contributed by atoms with Crippen LogP contribution in [0.25, 0.3) is 11.1 Å². The minimum atomic E-state index is -0.392. The molecular formula is C19H16ClO. The van der Waals surface area contributed by atoms with Gasteiger partial charge in [-0.1, -0.05) is 60.7 Å². The standard InChI is InChI=1S/C19H16ClO/c20-19(21)13-3-1-2-8-14-15-9-4-6-11-17(15)18-12-7-5-10-16(14)18/h1-2,4-7,9-14H,3,8H2. The second-order valence-electron chi connectivity index (χ2n) is 5.18. The van der Waals surface area contributed by atoms with E-state index in [1.165, 1.54) is 28.7 Å². The Morgan fingerprint density at radius 3 is 2.10 bits per heavy atom. The Bertz CT molecular complexity index is 642. The predicted octanol–water partition coefficient (Wildman–Crippen LogP) is 5.10. The molecule has 1 aliphatic carbocycles. The third-order valence-corrected chi connectivity index (χ3v) is 4.07. The highest BCUT2D eigenvalue weighted by Crippen LogP contribution is 2.46.